The predicted octanol–water partition coefficient (Wildman–Crippen LogP) is 4.66. The normalized spacial score (nSPS) is 12.7. The number of aryl methyl sites for hydroxylation is 1. The molecule has 0 aromatic heterocycles. The maximum Gasteiger partial charge on any atom is 0.335 e. The number of hydrogen-bond donors (Lipinski definition) is 4. The van der Waals surface area contributed by atoms with Gasteiger partial charge < -0.3 is 21.5 Å². The van der Waals surface area contributed by atoms with E-state index in [1.165, 1.54) is 13.3 Å². The molecule has 4 rings (SSSR count). The topological polar surface area (TPSA) is 161 Å². The quantitative estimate of drug-likeness (QED) is 0.108. The summed E-state index contributed by atoms with van der Waals surface area (Å²) < 4.78 is 35.9. The molecule has 0 aliphatic heterocycles. The summed E-state index contributed by atoms with van der Waals surface area (Å²) >= 11 is 0. The number of sulfonamides is 1. The van der Waals surface area contributed by atoms with Gasteiger partial charge in [0.25, 0.3) is 10.0 Å². The Bertz CT molecular complexity index is 1770. The smallest absolute Gasteiger partial charge is 0.335 e. The molecule has 0 aliphatic rings. The number of ether oxygens (including phenoxy) is 1. The lowest BCUT2D eigenvalue weighted by Gasteiger charge is -2.19. The van der Waals surface area contributed by atoms with Crippen molar-refractivity contribution in [3.05, 3.63) is 130 Å². The lowest BCUT2D eigenvalue weighted by Crippen LogP contribution is -2.36. The summed E-state index contributed by atoms with van der Waals surface area (Å²) in [6.45, 7) is 5.21. The van der Waals surface area contributed by atoms with E-state index in [9.17, 15) is 13.2 Å². The summed E-state index contributed by atoms with van der Waals surface area (Å²) in [5.41, 5.74) is 19.8. The van der Waals surface area contributed by atoms with Crippen molar-refractivity contribution in [3.8, 4) is 5.75 Å². The standard InChI is InChI=1S/C34H38N6O4S/c1-22-18-30(44-4)23(2)24(3)32(22)45(42,43)40-33(36)28-17-11-12-25(19-28)20-29(35)21-37-39-34(41)38-31(26-13-7-5-8-14-26)27-15-9-6-10-16-27/h5-19,21,29,31H,20,35H2,1-4H3,(H2,36,40)(H2,38,39,41). The number of benzene rings is 4. The van der Waals surface area contributed by atoms with E-state index in [0.29, 0.717) is 34.4 Å². The van der Waals surface area contributed by atoms with Crippen LogP contribution in [0.25, 0.3) is 0 Å². The van der Waals surface area contributed by atoms with Crippen LogP contribution in [-0.2, 0) is 16.4 Å². The molecule has 1 unspecified atom stereocenters. The number of amides is 2. The Morgan fingerprint density at radius 3 is 2.13 bits per heavy atom. The van der Waals surface area contributed by atoms with Gasteiger partial charge in [-0.15, -0.1) is 4.40 Å². The Kier molecular flexibility index (Phi) is 10.7. The summed E-state index contributed by atoms with van der Waals surface area (Å²) in [6.07, 6.45) is 1.79. The Labute approximate surface area is 264 Å². The zero-order chi connectivity index (χ0) is 32.6. The average Bonchev–Trinajstić information content (AvgIpc) is 3.02. The summed E-state index contributed by atoms with van der Waals surface area (Å²) in [7, 11) is -2.56. The van der Waals surface area contributed by atoms with Crippen LogP contribution in [0.4, 0.5) is 4.79 Å². The number of hydrogen-bond acceptors (Lipinski definition) is 6. The van der Waals surface area contributed by atoms with Crippen molar-refractivity contribution in [2.45, 2.75) is 44.2 Å². The minimum absolute atomic E-state index is 0.105. The van der Waals surface area contributed by atoms with Gasteiger partial charge in [0.15, 0.2) is 0 Å². The number of methoxy groups -OCH3 is 1. The van der Waals surface area contributed by atoms with Gasteiger partial charge in [0.1, 0.15) is 11.6 Å². The number of urea groups is 1. The van der Waals surface area contributed by atoms with E-state index in [4.69, 9.17) is 16.2 Å². The first-order valence-corrected chi connectivity index (χ1v) is 15.7. The molecule has 0 radical (unpaired) electrons. The van der Waals surface area contributed by atoms with Crippen LogP contribution in [0.1, 0.15) is 45.0 Å². The van der Waals surface area contributed by atoms with Gasteiger partial charge in [-0.05, 0) is 72.7 Å². The molecule has 234 valence electrons. The molecule has 0 saturated heterocycles. The van der Waals surface area contributed by atoms with E-state index in [2.05, 4.69) is 20.2 Å². The minimum atomic E-state index is -4.10. The maximum atomic E-state index is 13.3. The Balaban J connectivity index is 1.41. The van der Waals surface area contributed by atoms with Crippen LogP contribution in [0.15, 0.2) is 105 Å². The van der Waals surface area contributed by atoms with Gasteiger partial charge in [-0.25, -0.2) is 10.2 Å². The SMILES string of the molecule is COc1cc(C)c(S(=O)(=O)/N=C(\N)c2cccc(CC(N)C=NNC(=O)NC(c3ccccc3)c3ccccc3)c2)c(C)c1C. The monoisotopic (exact) mass is 626 g/mol. The van der Waals surface area contributed by atoms with Crippen LogP contribution in [0.2, 0.25) is 0 Å². The molecule has 0 bridgehead atoms. The number of carbonyl (C=O) groups excluding carboxylic acids is 1. The van der Waals surface area contributed by atoms with Crippen LogP contribution < -0.4 is 26.9 Å². The number of nitrogens with one attached hydrogen (secondary N) is 2. The van der Waals surface area contributed by atoms with E-state index in [-0.39, 0.29) is 16.8 Å². The Hall–Kier alpha value is -5.00. The van der Waals surface area contributed by atoms with Crippen LogP contribution in [0.5, 0.6) is 5.75 Å². The fourth-order valence-corrected chi connectivity index (χ4v) is 6.51. The van der Waals surface area contributed by atoms with Gasteiger partial charge in [-0.3, -0.25) is 0 Å². The number of amidine groups is 1. The first kappa shape index (κ1) is 32.9. The van der Waals surface area contributed by atoms with Crippen LogP contribution >= 0.6 is 0 Å². The molecule has 11 heteroatoms. The van der Waals surface area contributed by atoms with E-state index >= 15 is 0 Å². The van der Waals surface area contributed by atoms with E-state index in [1.807, 2.05) is 66.7 Å². The Morgan fingerprint density at radius 2 is 1.53 bits per heavy atom. The van der Waals surface area contributed by atoms with Gasteiger partial charge >= 0.3 is 6.03 Å². The van der Waals surface area contributed by atoms with Crippen molar-refractivity contribution in [1.29, 1.82) is 0 Å². The molecule has 10 nitrogen and oxygen atoms in total. The lowest BCUT2D eigenvalue weighted by atomic mass is 9.99. The molecular weight excluding hydrogens is 588 g/mol. The fourth-order valence-electron chi connectivity index (χ4n) is 5.05. The molecule has 45 heavy (non-hydrogen) atoms. The molecule has 0 heterocycles. The zero-order valence-corrected chi connectivity index (χ0v) is 26.5. The third-order valence-corrected chi connectivity index (χ3v) is 8.92. The zero-order valence-electron chi connectivity index (χ0n) is 25.7. The largest absolute Gasteiger partial charge is 0.496 e. The average molecular weight is 627 g/mol. The molecule has 4 aromatic rings. The van der Waals surface area contributed by atoms with Crippen molar-refractivity contribution in [1.82, 2.24) is 10.7 Å². The highest BCUT2D eigenvalue weighted by Crippen LogP contribution is 2.31. The molecule has 0 saturated carbocycles. The van der Waals surface area contributed by atoms with Gasteiger partial charge in [0.05, 0.1) is 18.0 Å². The number of carbonyl (C=O) groups is 1. The number of nitrogens with zero attached hydrogens (tertiary/aromatic N) is 2. The minimum Gasteiger partial charge on any atom is -0.496 e. The second-order valence-corrected chi connectivity index (χ2v) is 12.2. The fraction of sp³-hybridized carbons (Fsp3) is 0.206. The van der Waals surface area contributed by atoms with Crippen molar-refractivity contribution < 1.29 is 17.9 Å². The summed E-state index contributed by atoms with van der Waals surface area (Å²) in [6, 6.07) is 26.5. The highest BCUT2D eigenvalue weighted by molar-refractivity contribution is 7.90. The molecule has 0 spiro atoms. The summed E-state index contributed by atoms with van der Waals surface area (Å²) in [4.78, 5) is 12.8. The second-order valence-electron chi connectivity index (χ2n) is 10.6. The van der Waals surface area contributed by atoms with Gasteiger partial charge in [-0.2, -0.15) is 13.5 Å². The van der Waals surface area contributed by atoms with Crippen LogP contribution in [0, 0.1) is 20.8 Å². The van der Waals surface area contributed by atoms with Crippen LogP contribution in [-0.4, -0.2) is 39.7 Å². The molecule has 0 aliphatic carbocycles. The van der Waals surface area contributed by atoms with Crippen molar-refractivity contribution in [2.75, 3.05) is 7.11 Å². The third-order valence-electron chi connectivity index (χ3n) is 7.34. The highest BCUT2D eigenvalue weighted by atomic mass is 32.2. The summed E-state index contributed by atoms with van der Waals surface area (Å²) in [5.74, 6) is 0.462. The predicted molar refractivity (Wildman–Crippen MR) is 178 cm³/mol. The first-order chi connectivity index (χ1) is 21.5. The molecule has 1 atom stereocenters. The van der Waals surface area contributed by atoms with E-state index in [0.717, 1.165) is 16.7 Å². The molecule has 2 amide bonds. The maximum absolute atomic E-state index is 13.3. The Morgan fingerprint density at radius 1 is 0.911 bits per heavy atom. The molecule has 4 aromatic carbocycles. The van der Waals surface area contributed by atoms with Crippen LogP contribution in [0.3, 0.4) is 0 Å². The van der Waals surface area contributed by atoms with Crippen molar-refractivity contribution in [2.24, 2.45) is 21.0 Å². The van der Waals surface area contributed by atoms with E-state index < -0.39 is 22.1 Å². The van der Waals surface area contributed by atoms with Gasteiger partial charge in [0.2, 0.25) is 0 Å². The third kappa shape index (κ3) is 8.34. The van der Waals surface area contributed by atoms with E-state index in [1.54, 1.807) is 45.0 Å². The molecule has 6 N–H and O–H groups in total. The molecular formula is C34H38N6O4S. The van der Waals surface area contributed by atoms with Gasteiger partial charge in [0, 0.05) is 17.8 Å². The first-order valence-electron chi connectivity index (χ1n) is 14.3. The van der Waals surface area contributed by atoms with Gasteiger partial charge in [-0.1, -0.05) is 78.9 Å². The lowest BCUT2D eigenvalue weighted by molar-refractivity contribution is 0.239. The van der Waals surface area contributed by atoms with Crippen molar-refractivity contribution >= 4 is 28.1 Å². The number of rotatable bonds is 11. The molecule has 0 fully saturated rings. The van der Waals surface area contributed by atoms with Crippen molar-refractivity contribution in [3.63, 3.8) is 0 Å². The second kappa shape index (κ2) is 14.7. The number of hydrazone groups is 1. The highest BCUT2D eigenvalue weighted by Gasteiger charge is 2.23. The summed E-state index contributed by atoms with van der Waals surface area (Å²) in [5, 5.41) is 6.99. The number of nitrogens with two attached hydrogens (primary N) is 2.